The van der Waals surface area contributed by atoms with Crippen molar-refractivity contribution in [1.29, 1.82) is 0 Å². The highest BCUT2D eigenvalue weighted by molar-refractivity contribution is 7.48. The minimum absolute atomic E-state index is 0.138. The van der Waals surface area contributed by atoms with Crippen molar-refractivity contribution in [3.63, 3.8) is 0 Å². The van der Waals surface area contributed by atoms with Crippen LogP contribution in [0.3, 0.4) is 0 Å². The molecule has 2 unspecified atom stereocenters. The SMILES string of the molecule is CCCCCCCCCCCCCCCCCC(=O)OCC(COP(=O)(OCC)OCC[N+](C)(C)C)OC(=O)CCCCCCCCCCCCCCCCC. The number of likely N-dealkylation sites (N-methyl/N-ethyl adjacent to an activating group) is 1. The summed E-state index contributed by atoms with van der Waals surface area (Å²) in [7, 11) is 2.14. The molecule has 334 valence electrons. The van der Waals surface area contributed by atoms with Crippen molar-refractivity contribution in [3.05, 3.63) is 0 Å². The standard InChI is InChI=1S/C46H93NO8P/c1-7-10-12-14-16-18-20-22-24-26-28-30-32-34-36-38-45(48)51-42-44(43-54-56(50,52-9-3)53-41-40-47(4,5)6)55-46(49)39-37-35-33-31-29-27-25-23-21-19-17-15-13-11-8-2/h44H,7-43H2,1-6H3/q+1. The first-order valence-corrected chi connectivity index (χ1v) is 25.2. The Morgan fingerprint density at radius 2 is 0.821 bits per heavy atom. The predicted octanol–water partition coefficient (Wildman–Crippen LogP) is 13.8. The van der Waals surface area contributed by atoms with Crippen molar-refractivity contribution in [2.45, 2.75) is 232 Å². The predicted molar refractivity (Wildman–Crippen MR) is 234 cm³/mol. The number of hydrogen-bond donors (Lipinski definition) is 0. The zero-order valence-corrected chi connectivity index (χ0v) is 38.8. The molecule has 56 heavy (non-hydrogen) atoms. The minimum Gasteiger partial charge on any atom is -0.462 e. The van der Waals surface area contributed by atoms with Crippen LogP contribution in [0.5, 0.6) is 0 Å². The lowest BCUT2D eigenvalue weighted by Crippen LogP contribution is -2.37. The van der Waals surface area contributed by atoms with Gasteiger partial charge in [-0.25, -0.2) is 4.57 Å². The fourth-order valence-corrected chi connectivity index (χ4v) is 7.97. The summed E-state index contributed by atoms with van der Waals surface area (Å²) in [5, 5.41) is 0. The second kappa shape index (κ2) is 39.5. The van der Waals surface area contributed by atoms with E-state index in [1.54, 1.807) is 6.92 Å². The van der Waals surface area contributed by atoms with E-state index in [0.29, 0.717) is 17.4 Å². The van der Waals surface area contributed by atoms with E-state index >= 15 is 0 Å². The van der Waals surface area contributed by atoms with Gasteiger partial charge in [-0.15, -0.1) is 0 Å². The van der Waals surface area contributed by atoms with Crippen LogP contribution in [0.2, 0.25) is 0 Å². The number of esters is 2. The van der Waals surface area contributed by atoms with Crippen LogP contribution in [0.4, 0.5) is 0 Å². The van der Waals surface area contributed by atoms with Crippen molar-refractivity contribution in [1.82, 2.24) is 0 Å². The number of phosphoric ester groups is 1. The molecule has 0 aliphatic carbocycles. The summed E-state index contributed by atoms with van der Waals surface area (Å²) in [5.74, 6) is -0.695. The van der Waals surface area contributed by atoms with Gasteiger partial charge in [-0.2, -0.15) is 0 Å². The summed E-state index contributed by atoms with van der Waals surface area (Å²) < 4.78 is 41.8. The van der Waals surface area contributed by atoms with E-state index < -0.39 is 13.9 Å². The van der Waals surface area contributed by atoms with Crippen LogP contribution in [0, 0.1) is 0 Å². The first-order valence-electron chi connectivity index (χ1n) is 23.7. The molecular formula is C46H93NO8P+. The van der Waals surface area contributed by atoms with Gasteiger partial charge in [0.1, 0.15) is 19.8 Å². The quantitative estimate of drug-likeness (QED) is 0.0259. The van der Waals surface area contributed by atoms with E-state index in [1.165, 1.54) is 154 Å². The molecule has 0 fully saturated rings. The van der Waals surface area contributed by atoms with Crippen molar-refractivity contribution in [3.8, 4) is 0 Å². The third-order valence-corrected chi connectivity index (χ3v) is 12.0. The molecule has 0 aromatic rings. The van der Waals surface area contributed by atoms with Gasteiger partial charge in [0.2, 0.25) is 0 Å². The van der Waals surface area contributed by atoms with Crippen LogP contribution in [0.15, 0.2) is 0 Å². The average Bonchev–Trinajstić information content (AvgIpc) is 3.15. The number of unbranched alkanes of at least 4 members (excludes halogenated alkanes) is 28. The van der Waals surface area contributed by atoms with Crippen LogP contribution in [0.25, 0.3) is 0 Å². The van der Waals surface area contributed by atoms with Crippen LogP contribution < -0.4 is 0 Å². The molecule has 0 aliphatic rings. The van der Waals surface area contributed by atoms with Gasteiger partial charge in [-0.3, -0.25) is 23.2 Å². The maximum Gasteiger partial charge on any atom is 0.475 e. The number of carbonyl (C=O) groups excluding carboxylic acids is 2. The van der Waals surface area contributed by atoms with Gasteiger partial charge in [-0.1, -0.05) is 194 Å². The van der Waals surface area contributed by atoms with Crippen LogP contribution in [-0.2, 0) is 37.2 Å². The largest absolute Gasteiger partial charge is 0.475 e. The van der Waals surface area contributed by atoms with E-state index in [9.17, 15) is 14.2 Å². The molecule has 0 saturated carbocycles. The first-order chi connectivity index (χ1) is 27.0. The molecule has 9 nitrogen and oxygen atoms in total. The lowest BCUT2D eigenvalue weighted by Gasteiger charge is -2.25. The van der Waals surface area contributed by atoms with Gasteiger partial charge >= 0.3 is 19.8 Å². The first kappa shape index (κ1) is 55.0. The molecule has 0 aromatic carbocycles. The Bertz CT molecular complexity index is 927. The monoisotopic (exact) mass is 819 g/mol. The van der Waals surface area contributed by atoms with E-state index in [2.05, 4.69) is 13.8 Å². The lowest BCUT2D eigenvalue weighted by molar-refractivity contribution is -0.870. The van der Waals surface area contributed by atoms with Gasteiger partial charge in [0.15, 0.2) is 6.10 Å². The van der Waals surface area contributed by atoms with Crippen LogP contribution >= 0.6 is 7.82 Å². The summed E-state index contributed by atoms with van der Waals surface area (Å²) >= 11 is 0. The number of ether oxygens (including phenoxy) is 2. The Hall–Kier alpha value is -0.990. The van der Waals surface area contributed by atoms with E-state index in [1.807, 2.05) is 21.1 Å². The molecular weight excluding hydrogens is 725 g/mol. The molecule has 0 saturated heterocycles. The lowest BCUT2D eigenvalue weighted by atomic mass is 10.0. The van der Waals surface area contributed by atoms with Crippen LogP contribution in [0.1, 0.15) is 226 Å². The molecule has 0 amide bonds. The van der Waals surface area contributed by atoms with Crippen molar-refractivity contribution in [2.24, 2.45) is 0 Å². The number of carbonyl (C=O) groups is 2. The Labute approximate surface area is 347 Å². The fourth-order valence-electron chi connectivity index (χ4n) is 6.77. The van der Waals surface area contributed by atoms with Gasteiger partial charge in [0, 0.05) is 12.8 Å². The Kier molecular flexibility index (Phi) is 38.8. The summed E-state index contributed by atoms with van der Waals surface area (Å²) in [5.41, 5.74) is 0. The van der Waals surface area contributed by atoms with Crippen molar-refractivity contribution >= 4 is 19.8 Å². The summed E-state index contributed by atoms with van der Waals surface area (Å²) in [6, 6.07) is 0. The van der Waals surface area contributed by atoms with Gasteiger partial charge < -0.3 is 14.0 Å². The number of nitrogens with zero attached hydrogens (tertiary/aromatic N) is 1. The maximum absolute atomic E-state index is 13.3. The maximum atomic E-state index is 13.3. The number of quaternary nitrogens is 1. The van der Waals surface area contributed by atoms with Crippen molar-refractivity contribution < 1.29 is 41.7 Å². The number of phosphoric acid groups is 1. The molecule has 0 rings (SSSR count). The molecule has 0 N–H and O–H groups in total. The van der Waals surface area contributed by atoms with E-state index in [-0.39, 0.29) is 44.8 Å². The molecule has 0 heterocycles. The molecule has 0 spiro atoms. The average molecular weight is 819 g/mol. The highest BCUT2D eigenvalue weighted by Crippen LogP contribution is 2.49. The van der Waals surface area contributed by atoms with Gasteiger partial charge in [0.05, 0.1) is 34.4 Å². The zero-order valence-electron chi connectivity index (χ0n) is 37.9. The summed E-state index contributed by atoms with van der Waals surface area (Å²) in [6.07, 6.45) is 37.5. The second-order valence-corrected chi connectivity index (χ2v) is 18.9. The van der Waals surface area contributed by atoms with E-state index in [4.69, 9.17) is 23.0 Å². The fraction of sp³-hybridized carbons (Fsp3) is 0.957. The third kappa shape index (κ3) is 39.8. The molecule has 0 radical (unpaired) electrons. The number of hydrogen-bond acceptors (Lipinski definition) is 8. The molecule has 0 aromatic heterocycles. The molecule has 0 bridgehead atoms. The number of rotatable bonds is 44. The Morgan fingerprint density at radius 3 is 1.18 bits per heavy atom. The third-order valence-electron chi connectivity index (χ3n) is 10.4. The molecule has 10 heteroatoms. The normalized spacial score (nSPS) is 13.5. The van der Waals surface area contributed by atoms with E-state index in [0.717, 1.165) is 38.5 Å². The highest BCUT2D eigenvalue weighted by Gasteiger charge is 2.30. The Morgan fingerprint density at radius 1 is 0.464 bits per heavy atom. The van der Waals surface area contributed by atoms with Crippen LogP contribution in [-0.4, -0.2) is 76.6 Å². The van der Waals surface area contributed by atoms with Gasteiger partial charge in [-0.05, 0) is 19.8 Å². The smallest absolute Gasteiger partial charge is 0.462 e. The van der Waals surface area contributed by atoms with Gasteiger partial charge in [0.25, 0.3) is 0 Å². The topological polar surface area (TPSA) is 97.4 Å². The molecule has 2 atom stereocenters. The highest BCUT2D eigenvalue weighted by atomic mass is 31.2. The molecule has 0 aliphatic heterocycles. The summed E-state index contributed by atoms with van der Waals surface area (Å²) in [6.45, 7) is 6.76. The summed E-state index contributed by atoms with van der Waals surface area (Å²) in [4.78, 5) is 25.5. The van der Waals surface area contributed by atoms with Crippen molar-refractivity contribution in [2.75, 3.05) is 54.1 Å². The minimum atomic E-state index is -3.89. The zero-order chi connectivity index (χ0) is 41.4. The Balaban J connectivity index is 4.48. The second-order valence-electron chi connectivity index (χ2n) is 17.2.